The first-order valence-electron chi connectivity index (χ1n) is 16.5. The molecule has 0 amide bonds. The van der Waals surface area contributed by atoms with Gasteiger partial charge in [0.05, 0.1) is 29.7 Å². The molecule has 0 saturated carbocycles. The van der Waals surface area contributed by atoms with E-state index < -0.39 is 18.0 Å². The predicted molar refractivity (Wildman–Crippen MR) is 189 cm³/mol. The Balaban J connectivity index is 1.38. The average molecular weight is 667 g/mol. The molecule has 0 bridgehead atoms. The summed E-state index contributed by atoms with van der Waals surface area (Å²) in [5.74, 6) is -0.0964. The number of unbranched alkanes of at least 4 members (excludes halogenated alkanes) is 1. The molecule has 0 aromatic heterocycles. The molecule has 0 radical (unpaired) electrons. The van der Waals surface area contributed by atoms with E-state index in [1.54, 1.807) is 12.1 Å². The van der Waals surface area contributed by atoms with Gasteiger partial charge < -0.3 is 25.0 Å². The molecule has 1 aliphatic heterocycles. The predicted octanol–water partition coefficient (Wildman–Crippen LogP) is 8.21. The van der Waals surface area contributed by atoms with Gasteiger partial charge in [0.15, 0.2) is 0 Å². The number of halogens is 1. The van der Waals surface area contributed by atoms with Crippen molar-refractivity contribution in [3.05, 3.63) is 105 Å². The summed E-state index contributed by atoms with van der Waals surface area (Å²) in [5, 5.41) is 32.2. The molecular formula is C40H43ClN2O5. The molecular weight excluding hydrogens is 624 g/mol. The fourth-order valence-electron chi connectivity index (χ4n) is 6.19. The Hall–Kier alpha value is -4.35. The van der Waals surface area contributed by atoms with Crippen molar-refractivity contribution in [1.29, 1.82) is 5.26 Å². The SMILES string of the molecule is Cc1c(COc2cc(OCCCC#N)c(CC[C@@](C)(CO)C(=O)O)cc2Cl)cccc1-c1cccc(-c2ccc3c(c2)CNCC3)c1C. The lowest BCUT2D eigenvalue weighted by Crippen LogP contribution is -2.32. The van der Waals surface area contributed by atoms with Crippen molar-refractivity contribution in [3.8, 4) is 39.8 Å². The van der Waals surface area contributed by atoms with Crippen LogP contribution >= 0.6 is 11.6 Å². The second kappa shape index (κ2) is 15.7. The highest BCUT2D eigenvalue weighted by atomic mass is 35.5. The molecule has 8 heteroatoms. The van der Waals surface area contributed by atoms with Gasteiger partial charge in [0.25, 0.3) is 0 Å². The van der Waals surface area contributed by atoms with Crippen LogP contribution in [0.4, 0.5) is 0 Å². The quantitative estimate of drug-likeness (QED) is 0.116. The maximum absolute atomic E-state index is 11.8. The monoisotopic (exact) mass is 666 g/mol. The number of nitriles is 1. The summed E-state index contributed by atoms with van der Waals surface area (Å²) in [7, 11) is 0. The number of nitrogens with zero attached hydrogens (tertiary/aromatic N) is 1. The zero-order valence-electron chi connectivity index (χ0n) is 27.9. The number of carboxylic acid groups (broad SMARTS) is 1. The maximum atomic E-state index is 11.8. The molecule has 4 aromatic rings. The normalized spacial score (nSPS) is 13.7. The minimum Gasteiger partial charge on any atom is -0.493 e. The van der Waals surface area contributed by atoms with Crippen LogP contribution < -0.4 is 14.8 Å². The van der Waals surface area contributed by atoms with Crippen LogP contribution in [0.15, 0.2) is 66.7 Å². The molecule has 4 aromatic carbocycles. The van der Waals surface area contributed by atoms with Crippen molar-refractivity contribution in [1.82, 2.24) is 5.32 Å². The van der Waals surface area contributed by atoms with Gasteiger partial charge in [-0.05, 0) is 121 Å². The van der Waals surface area contributed by atoms with Crippen LogP contribution in [-0.4, -0.2) is 35.9 Å². The van der Waals surface area contributed by atoms with E-state index in [0.717, 1.165) is 36.2 Å². The van der Waals surface area contributed by atoms with Crippen molar-refractivity contribution in [2.75, 3.05) is 19.8 Å². The Morgan fingerprint density at radius 1 is 0.958 bits per heavy atom. The molecule has 0 aliphatic carbocycles. The molecule has 1 heterocycles. The van der Waals surface area contributed by atoms with Crippen molar-refractivity contribution in [2.45, 2.75) is 66.0 Å². The topological polar surface area (TPSA) is 112 Å². The third-order valence-corrected chi connectivity index (χ3v) is 9.77. The van der Waals surface area contributed by atoms with Crippen molar-refractivity contribution in [2.24, 2.45) is 5.41 Å². The summed E-state index contributed by atoms with van der Waals surface area (Å²) >= 11 is 6.71. The molecule has 0 spiro atoms. The Kier molecular flexibility index (Phi) is 11.4. The summed E-state index contributed by atoms with van der Waals surface area (Å²) in [6.07, 6.45) is 2.50. The number of hydrogen-bond donors (Lipinski definition) is 3. The fourth-order valence-corrected chi connectivity index (χ4v) is 6.43. The number of aryl methyl sites for hydroxylation is 1. The summed E-state index contributed by atoms with van der Waals surface area (Å²) in [6, 6.07) is 25.2. The second-order valence-electron chi connectivity index (χ2n) is 12.8. The van der Waals surface area contributed by atoms with Gasteiger partial charge in [-0.15, -0.1) is 0 Å². The number of carbonyl (C=O) groups is 1. The van der Waals surface area contributed by atoms with E-state index in [1.807, 2.05) is 6.07 Å². The van der Waals surface area contributed by atoms with E-state index in [4.69, 9.17) is 26.3 Å². The summed E-state index contributed by atoms with van der Waals surface area (Å²) in [6.45, 7) is 7.85. The lowest BCUT2D eigenvalue weighted by Gasteiger charge is -2.23. The fraction of sp³-hybridized carbons (Fsp3) is 0.350. The molecule has 0 unspecified atom stereocenters. The first-order chi connectivity index (χ1) is 23.1. The number of hydrogen-bond acceptors (Lipinski definition) is 6. The Bertz CT molecular complexity index is 1830. The van der Waals surface area contributed by atoms with Gasteiger partial charge in [0.2, 0.25) is 0 Å². The zero-order valence-corrected chi connectivity index (χ0v) is 28.6. The smallest absolute Gasteiger partial charge is 0.311 e. The van der Waals surface area contributed by atoms with Crippen LogP contribution in [0.25, 0.3) is 22.3 Å². The highest BCUT2D eigenvalue weighted by molar-refractivity contribution is 6.32. The number of fused-ring (bicyclic) bond motifs is 1. The van der Waals surface area contributed by atoms with Gasteiger partial charge in [0.1, 0.15) is 18.1 Å². The van der Waals surface area contributed by atoms with E-state index >= 15 is 0 Å². The van der Waals surface area contributed by atoms with Crippen LogP contribution in [0.1, 0.15) is 59.6 Å². The standard InChI is InChI=1S/C40H43ClN2O5/c1-26-31(8-6-10-34(26)35-11-7-9-33(27(35)2)29-13-12-28-15-18-43-23-32(28)20-29)24-48-38-22-37(47-19-5-4-17-42)30(21-36(38)41)14-16-40(3,25-44)39(45)46/h6-13,20-22,43-44H,4-5,14-16,18-19,23-25H2,1-3H3,(H,45,46)/t40-/m0/s1. The molecule has 1 atom stereocenters. The largest absolute Gasteiger partial charge is 0.493 e. The Morgan fingerprint density at radius 2 is 1.71 bits per heavy atom. The molecule has 7 nitrogen and oxygen atoms in total. The number of aliphatic hydroxyl groups is 1. The van der Waals surface area contributed by atoms with Crippen molar-refractivity contribution in [3.63, 3.8) is 0 Å². The first kappa shape index (κ1) is 35.0. The molecule has 5 rings (SSSR count). The zero-order chi connectivity index (χ0) is 34.3. The third-order valence-electron chi connectivity index (χ3n) is 9.47. The van der Waals surface area contributed by atoms with Gasteiger partial charge in [-0.25, -0.2) is 0 Å². The highest BCUT2D eigenvalue weighted by Gasteiger charge is 2.32. The summed E-state index contributed by atoms with van der Waals surface area (Å²) < 4.78 is 12.3. The molecule has 48 heavy (non-hydrogen) atoms. The van der Waals surface area contributed by atoms with E-state index in [1.165, 1.54) is 40.3 Å². The van der Waals surface area contributed by atoms with Crippen LogP contribution in [-0.2, 0) is 30.8 Å². The van der Waals surface area contributed by atoms with Gasteiger partial charge in [-0.3, -0.25) is 4.79 Å². The van der Waals surface area contributed by atoms with Crippen LogP contribution in [0.5, 0.6) is 11.5 Å². The molecule has 0 fully saturated rings. The van der Waals surface area contributed by atoms with Crippen molar-refractivity contribution >= 4 is 17.6 Å². The number of carboxylic acids is 1. The van der Waals surface area contributed by atoms with Gasteiger partial charge >= 0.3 is 5.97 Å². The number of rotatable bonds is 14. The number of ether oxygens (including phenoxy) is 2. The van der Waals surface area contributed by atoms with E-state index in [0.29, 0.717) is 48.0 Å². The van der Waals surface area contributed by atoms with Gasteiger partial charge in [-0.1, -0.05) is 60.1 Å². The number of nitrogens with one attached hydrogen (secondary N) is 1. The Labute approximate surface area is 288 Å². The maximum Gasteiger partial charge on any atom is 0.311 e. The number of aliphatic hydroxyl groups excluding tert-OH is 1. The minimum absolute atomic E-state index is 0.195. The van der Waals surface area contributed by atoms with Gasteiger partial charge in [0, 0.05) is 19.0 Å². The number of aliphatic carboxylic acids is 1. The third kappa shape index (κ3) is 7.85. The van der Waals surface area contributed by atoms with E-state index in [-0.39, 0.29) is 13.0 Å². The Morgan fingerprint density at radius 3 is 2.46 bits per heavy atom. The van der Waals surface area contributed by atoms with Crippen LogP contribution in [0.2, 0.25) is 5.02 Å². The second-order valence-corrected chi connectivity index (χ2v) is 13.2. The molecule has 250 valence electrons. The van der Waals surface area contributed by atoms with Gasteiger partial charge in [-0.2, -0.15) is 5.26 Å². The summed E-state index contributed by atoms with van der Waals surface area (Å²) in [5.41, 5.74) is 10.3. The highest BCUT2D eigenvalue weighted by Crippen LogP contribution is 2.38. The first-order valence-corrected chi connectivity index (χ1v) is 16.8. The van der Waals surface area contributed by atoms with E-state index in [9.17, 15) is 15.0 Å². The minimum atomic E-state index is -1.29. The van der Waals surface area contributed by atoms with Crippen LogP contribution in [0.3, 0.4) is 0 Å². The lowest BCUT2D eigenvalue weighted by molar-refractivity contribution is -0.150. The van der Waals surface area contributed by atoms with E-state index in [2.05, 4.69) is 73.8 Å². The number of benzene rings is 4. The van der Waals surface area contributed by atoms with Crippen LogP contribution in [0, 0.1) is 30.6 Å². The summed E-state index contributed by atoms with van der Waals surface area (Å²) in [4.78, 5) is 11.8. The lowest BCUT2D eigenvalue weighted by atomic mass is 9.85. The molecule has 3 N–H and O–H groups in total. The van der Waals surface area contributed by atoms with Crippen molar-refractivity contribution < 1.29 is 24.5 Å². The molecule has 0 saturated heterocycles. The molecule has 1 aliphatic rings. The average Bonchev–Trinajstić information content (AvgIpc) is 3.09.